The molecule has 0 saturated heterocycles. The Morgan fingerprint density at radius 1 is 1.30 bits per heavy atom. The van der Waals surface area contributed by atoms with E-state index < -0.39 is 0 Å². The molecule has 5 heteroatoms. The lowest BCUT2D eigenvalue weighted by Gasteiger charge is -2.16. The maximum atomic E-state index is 8.82. The SMILES string of the molecule is CC(NCc1ccnc(C#N)c1)c1ccc(Cl)cc1Cl. The van der Waals surface area contributed by atoms with Gasteiger partial charge in [-0.1, -0.05) is 29.3 Å². The Kier molecular flexibility index (Phi) is 4.97. The van der Waals surface area contributed by atoms with Crippen LogP contribution < -0.4 is 5.32 Å². The molecule has 1 aromatic heterocycles. The lowest BCUT2D eigenvalue weighted by atomic mass is 10.1. The number of nitrogens with zero attached hydrogens (tertiary/aromatic N) is 2. The molecule has 0 aliphatic rings. The quantitative estimate of drug-likeness (QED) is 0.924. The fraction of sp³-hybridized carbons (Fsp3) is 0.200. The van der Waals surface area contributed by atoms with Crippen molar-refractivity contribution in [3.8, 4) is 6.07 Å². The van der Waals surface area contributed by atoms with Crippen LogP contribution in [0.4, 0.5) is 0 Å². The summed E-state index contributed by atoms with van der Waals surface area (Å²) in [6.07, 6.45) is 1.63. The van der Waals surface area contributed by atoms with Crippen LogP contribution in [0.3, 0.4) is 0 Å². The van der Waals surface area contributed by atoms with Crippen molar-refractivity contribution < 1.29 is 0 Å². The summed E-state index contributed by atoms with van der Waals surface area (Å²) >= 11 is 12.1. The molecule has 1 heterocycles. The van der Waals surface area contributed by atoms with Crippen molar-refractivity contribution in [2.75, 3.05) is 0 Å². The lowest BCUT2D eigenvalue weighted by molar-refractivity contribution is 0.574. The second kappa shape index (κ2) is 6.71. The number of aromatic nitrogens is 1. The Hall–Kier alpha value is -1.60. The molecule has 1 aromatic carbocycles. The molecule has 2 rings (SSSR count). The molecule has 0 fully saturated rings. The van der Waals surface area contributed by atoms with Crippen LogP contribution in [0.5, 0.6) is 0 Å². The third-order valence-electron chi connectivity index (χ3n) is 2.98. The van der Waals surface area contributed by atoms with Crippen molar-refractivity contribution in [1.82, 2.24) is 10.3 Å². The van der Waals surface area contributed by atoms with Crippen LogP contribution in [0, 0.1) is 11.3 Å². The topological polar surface area (TPSA) is 48.7 Å². The zero-order valence-corrected chi connectivity index (χ0v) is 12.4. The Bertz CT molecular complexity index is 650. The molecule has 1 atom stereocenters. The summed E-state index contributed by atoms with van der Waals surface area (Å²) in [4.78, 5) is 3.94. The summed E-state index contributed by atoms with van der Waals surface area (Å²) < 4.78 is 0. The molecule has 0 spiro atoms. The predicted molar refractivity (Wildman–Crippen MR) is 80.7 cm³/mol. The van der Waals surface area contributed by atoms with Gasteiger partial charge in [-0.05, 0) is 42.3 Å². The first-order valence-corrected chi connectivity index (χ1v) is 6.89. The monoisotopic (exact) mass is 305 g/mol. The first-order valence-electron chi connectivity index (χ1n) is 6.13. The van der Waals surface area contributed by atoms with Gasteiger partial charge in [0.1, 0.15) is 11.8 Å². The predicted octanol–water partition coefficient (Wildman–Crippen LogP) is 4.11. The molecule has 3 nitrogen and oxygen atoms in total. The summed E-state index contributed by atoms with van der Waals surface area (Å²) in [7, 11) is 0. The lowest BCUT2D eigenvalue weighted by Crippen LogP contribution is -2.18. The van der Waals surface area contributed by atoms with E-state index in [4.69, 9.17) is 28.5 Å². The zero-order valence-electron chi connectivity index (χ0n) is 10.9. The van der Waals surface area contributed by atoms with E-state index in [1.165, 1.54) is 0 Å². The molecule has 0 bridgehead atoms. The molecular weight excluding hydrogens is 293 g/mol. The normalized spacial score (nSPS) is 11.9. The van der Waals surface area contributed by atoms with Crippen molar-refractivity contribution in [3.63, 3.8) is 0 Å². The average molecular weight is 306 g/mol. The van der Waals surface area contributed by atoms with Crippen LogP contribution in [-0.2, 0) is 6.54 Å². The molecular formula is C15H13Cl2N3. The second-order valence-corrected chi connectivity index (χ2v) is 5.27. The minimum Gasteiger partial charge on any atom is -0.306 e. The van der Waals surface area contributed by atoms with Gasteiger partial charge in [0.15, 0.2) is 0 Å². The molecule has 20 heavy (non-hydrogen) atoms. The van der Waals surface area contributed by atoms with Gasteiger partial charge in [0.05, 0.1) is 0 Å². The van der Waals surface area contributed by atoms with E-state index in [0.29, 0.717) is 22.3 Å². The second-order valence-electron chi connectivity index (χ2n) is 4.43. The third kappa shape index (κ3) is 3.71. The number of rotatable bonds is 4. The van der Waals surface area contributed by atoms with E-state index in [9.17, 15) is 0 Å². The Balaban J connectivity index is 2.04. The molecule has 0 aliphatic carbocycles. The Labute approximate surface area is 128 Å². The van der Waals surface area contributed by atoms with Crippen molar-refractivity contribution in [2.24, 2.45) is 0 Å². The standard InChI is InChI=1S/C15H13Cl2N3/c1-10(14-3-2-12(16)7-15(14)17)20-9-11-4-5-19-13(6-11)8-18/h2-7,10,20H,9H2,1H3. The third-order valence-corrected chi connectivity index (χ3v) is 3.54. The number of benzene rings is 1. The number of halogens is 2. The van der Waals surface area contributed by atoms with Gasteiger partial charge in [-0.3, -0.25) is 0 Å². The van der Waals surface area contributed by atoms with Gasteiger partial charge in [-0.15, -0.1) is 0 Å². The molecule has 2 aromatic rings. The van der Waals surface area contributed by atoms with Gasteiger partial charge in [0.25, 0.3) is 0 Å². The van der Waals surface area contributed by atoms with Crippen LogP contribution in [0.2, 0.25) is 10.0 Å². The number of hydrogen-bond acceptors (Lipinski definition) is 3. The fourth-order valence-electron chi connectivity index (χ4n) is 1.88. The average Bonchev–Trinajstić information content (AvgIpc) is 2.45. The van der Waals surface area contributed by atoms with Crippen LogP contribution >= 0.6 is 23.2 Å². The van der Waals surface area contributed by atoms with Crippen LogP contribution in [0.1, 0.15) is 29.8 Å². The highest BCUT2D eigenvalue weighted by molar-refractivity contribution is 6.35. The summed E-state index contributed by atoms with van der Waals surface area (Å²) in [5.41, 5.74) is 2.42. The summed E-state index contributed by atoms with van der Waals surface area (Å²) in [6.45, 7) is 2.67. The molecule has 0 saturated carbocycles. The van der Waals surface area contributed by atoms with Crippen LogP contribution in [0.15, 0.2) is 36.5 Å². The van der Waals surface area contributed by atoms with Gasteiger partial charge < -0.3 is 5.32 Å². The maximum absolute atomic E-state index is 8.82. The first-order chi connectivity index (χ1) is 9.60. The highest BCUT2D eigenvalue weighted by Crippen LogP contribution is 2.26. The minimum atomic E-state index is 0.0819. The van der Waals surface area contributed by atoms with Crippen molar-refractivity contribution >= 4 is 23.2 Å². The minimum absolute atomic E-state index is 0.0819. The number of hydrogen-bond donors (Lipinski definition) is 1. The van der Waals surface area contributed by atoms with E-state index >= 15 is 0 Å². The van der Waals surface area contributed by atoms with Crippen LogP contribution in [-0.4, -0.2) is 4.98 Å². The Morgan fingerprint density at radius 2 is 2.10 bits per heavy atom. The maximum Gasteiger partial charge on any atom is 0.140 e. The van der Waals surface area contributed by atoms with E-state index in [1.807, 2.05) is 31.2 Å². The van der Waals surface area contributed by atoms with Crippen molar-refractivity contribution in [3.05, 3.63) is 63.4 Å². The Morgan fingerprint density at radius 3 is 2.80 bits per heavy atom. The molecule has 102 valence electrons. The molecule has 1 unspecified atom stereocenters. The van der Waals surface area contributed by atoms with Gasteiger partial charge in [-0.25, -0.2) is 4.98 Å². The number of nitrogens with one attached hydrogen (secondary N) is 1. The van der Waals surface area contributed by atoms with Gasteiger partial charge in [0, 0.05) is 28.8 Å². The highest BCUT2D eigenvalue weighted by Gasteiger charge is 2.09. The zero-order chi connectivity index (χ0) is 14.5. The highest BCUT2D eigenvalue weighted by atomic mass is 35.5. The molecule has 0 amide bonds. The van der Waals surface area contributed by atoms with E-state index in [1.54, 1.807) is 18.3 Å². The summed E-state index contributed by atoms with van der Waals surface area (Å²) in [5.74, 6) is 0. The first kappa shape index (κ1) is 14.8. The number of pyridine rings is 1. The van der Waals surface area contributed by atoms with Gasteiger partial charge in [-0.2, -0.15) is 5.26 Å². The van der Waals surface area contributed by atoms with E-state index in [-0.39, 0.29) is 6.04 Å². The fourth-order valence-corrected chi connectivity index (χ4v) is 2.45. The molecule has 1 N–H and O–H groups in total. The van der Waals surface area contributed by atoms with Crippen molar-refractivity contribution in [2.45, 2.75) is 19.5 Å². The summed E-state index contributed by atoms with van der Waals surface area (Å²) in [5, 5.41) is 13.4. The van der Waals surface area contributed by atoms with Gasteiger partial charge in [0.2, 0.25) is 0 Å². The van der Waals surface area contributed by atoms with E-state index in [2.05, 4.69) is 10.3 Å². The summed E-state index contributed by atoms with van der Waals surface area (Å²) in [6, 6.07) is 11.2. The van der Waals surface area contributed by atoms with Crippen molar-refractivity contribution in [1.29, 1.82) is 5.26 Å². The van der Waals surface area contributed by atoms with Crippen LogP contribution in [0.25, 0.3) is 0 Å². The van der Waals surface area contributed by atoms with E-state index in [0.717, 1.165) is 11.1 Å². The largest absolute Gasteiger partial charge is 0.306 e. The molecule has 0 aliphatic heterocycles. The number of nitriles is 1. The molecule has 0 radical (unpaired) electrons. The smallest absolute Gasteiger partial charge is 0.140 e. The van der Waals surface area contributed by atoms with Gasteiger partial charge >= 0.3 is 0 Å².